The average molecular weight is 366 g/mol. The van der Waals surface area contributed by atoms with E-state index in [2.05, 4.69) is 0 Å². The standard InChI is InChI=1S/C15H16N2O2S.C6H6/c1-11(12-6-3-2-4-7-12)17(10-14(16)18)15(19)13-8-5-9-20-13;1-2-4-6-5-3-1/h2-9,11H,10H2,1H3,(H2,16,18);1-6H. The van der Waals surface area contributed by atoms with Crippen molar-refractivity contribution >= 4 is 23.2 Å². The Morgan fingerprint density at radius 3 is 1.92 bits per heavy atom. The summed E-state index contributed by atoms with van der Waals surface area (Å²) < 4.78 is 0. The monoisotopic (exact) mass is 366 g/mol. The molecule has 2 amide bonds. The topological polar surface area (TPSA) is 63.4 Å². The molecule has 1 unspecified atom stereocenters. The molecule has 1 aromatic heterocycles. The van der Waals surface area contributed by atoms with Crippen LogP contribution in [0.25, 0.3) is 0 Å². The van der Waals surface area contributed by atoms with Crippen LogP contribution in [0.15, 0.2) is 84.2 Å². The van der Waals surface area contributed by atoms with Crippen molar-refractivity contribution < 1.29 is 9.59 Å². The molecule has 3 rings (SSSR count). The summed E-state index contributed by atoms with van der Waals surface area (Å²) in [6.45, 7) is 1.80. The molecular weight excluding hydrogens is 344 g/mol. The lowest BCUT2D eigenvalue weighted by Gasteiger charge is -2.28. The van der Waals surface area contributed by atoms with Crippen LogP contribution in [0.3, 0.4) is 0 Å². The predicted octanol–water partition coefficient (Wildman–Crippen LogP) is 4.12. The van der Waals surface area contributed by atoms with Gasteiger partial charge in [0.25, 0.3) is 5.91 Å². The summed E-state index contributed by atoms with van der Waals surface area (Å²) in [4.78, 5) is 25.8. The lowest BCUT2D eigenvalue weighted by molar-refractivity contribution is -0.119. The summed E-state index contributed by atoms with van der Waals surface area (Å²) in [6.07, 6.45) is 0. The largest absolute Gasteiger partial charge is 0.368 e. The number of carbonyl (C=O) groups excluding carboxylic acids is 2. The zero-order valence-corrected chi connectivity index (χ0v) is 15.4. The summed E-state index contributed by atoms with van der Waals surface area (Å²) >= 11 is 1.36. The van der Waals surface area contributed by atoms with Crippen LogP contribution in [-0.4, -0.2) is 23.3 Å². The molecule has 0 aliphatic rings. The Hall–Kier alpha value is -2.92. The first-order valence-electron chi connectivity index (χ1n) is 8.27. The Kier molecular flexibility index (Phi) is 7.58. The molecule has 134 valence electrons. The van der Waals surface area contributed by atoms with Crippen molar-refractivity contribution in [2.24, 2.45) is 5.73 Å². The highest BCUT2D eigenvalue weighted by Crippen LogP contribution is 2.23. The number of hydrogen-bond acceptors (Lipinski definition) is 3. The maximum atomic E-state index is 12.5. The minimum atomic E-state index is -0.516. The molecule has 0 saturated heterocycles. The van der Waals surface area contributed by atoms with Gasteiger partial charge in [-0.1, -0.05) is 72.8 Å². The Labute approximate surface area is 157 Å². The van der Waals surface area contributed by atoms with E-state index in [0.717, 1.165) is 5.56 Å². The van der Waals surface area contributed by atoms with Gasteiger partial charge in [-0.15, -0.1) is 11.3 Å². The van der Waals surface area contributed by atoms with Crippen molar-refractivity contribution in [3.8, 4) is 0 Å². The quantitative estimate of drug-likeness (QED) is 0.738. The van der Waals surface area contributed by atoms with Gasteiger partial charge >= 0.3 is 0 Å². The van der Waals surface area contributed by atoms with Crippen molar-refractivity contribution in [2.75, 3.05) is 6.54 Å². The first-order valence-corrected chi connectivity index (χ1v) is 9.15. The first kappa shape index (κ1) is 19.4. The van der Waals surface area contributed by atoms with E-state index in [0.29, 0.717) is 4.88 Å². The number of amides is 2. The second kappa shape index (κ2) is 10.2. The molecule has 3 aromatic rings. The molecule has 4 nitrogen and oxygen atoms in total. The zero-order chi connectivity index (χ0) is 18.8. The van der Waals surface area contributed by atoms with Crippen LogP contribution in [0.1, 0.15) is 28.2 Å². The van der Waals surface area contributed by atoms with Crippen LogP contribution in [0.5, 0.6) is 0 Å². The van der Waals surface area contributed by atoms with Gasteiger partial charge in [0, 0.05) is 0 Å². The van der Waals surface area contributed by atoms with Crippen LogP contribution in [0.4, 0.5) is 0 Å². The van der Waals surface area contributed by atoms with E-state index in [1.165, 1.54) is 16.2 Å². The molecule has 0 fully saturated rings. The average Bonchev–Trinajstić information content (AvgIpc) is 3.22. The summed E-state index contributed by atoms with van der Waals surface area (Å²) in [5.74, 6) is -0.687. The maximum Gasteiger partial charge on any atom is 0.264 e. The molecule has 0 aliphatic carbocycles. The lowest BCUT2D eigenvalue weighted by atomic mass is 10.1. The number of nitrogens with zero attached hydrogens (tertiary/aromatic N) is 1. The molecule has 5 heteroatoms. The second-order valence-electron chi connectivity index (χ2n) is 5.62. The summed E-state index contributed by atoms with van der Waals surface area (Å²) in [5.41, 5.74) is 6.24. The van der Waals surface area contributed by atoms with Crippen LogP contribution in [-0.2, 0) is 4.79 Å². The van der Waals surface area contributed by atoms with E-state index in [1.807, 2.05) is 85.1 Å². The van der Waals surface area contributed by atoms with Crippen molar-refractivity contribution in [1.29, 1.82) is 0 Å². The van der Waals surface area contributed by atoms with Gasteiger partial charge in [-0.05, 0) is 23.9 Å². The molecule has 2 aromatic carbocycles. The normalized spacial score (nSPS) is 11.0. The van der Waals surface area contributed by atoms with Crippen molar-refractivity contribution in [2.45, 2.75) is 13.0 Å². The third kappa shape index (κ3) is 5.86. The first-order chi connectivity index (χ1) is 12.6. The maximum absolute atomic E-state index is 12.5. The number of hydrogen-bond donors (Lipinski definition) is 1. The van der Waals surface area contributed by atoms with Gasteiger partial charge in [0.15, 0.2) is 0 Å². The molecule has 26 heavy (non-hydrogen) atoms. The Morgan fingerprint density at radius 1 is 0.923 bits per heavy atom. The van der Waals surface area contributed by atoms with Gasteiger partial charge in [-0.2, -0.15) is 0 Å². The third-order valence-corrected chi connectivity index (χ3v) is 4.59. The molecule has 1 heterocycles. The van der Waals surface area contributed by atoms with Crippen LogP contribution >= 0.6 is 11.3 Å². The third-order valence-electron chi connectivity index (χ3n) is 3.74. The number of nitrogens with two attached hydrogens (primary N) is 1. The zero-order valence-electron chi connectivity index (χ0n) is 14.6. The highest BCUT2D eigenvalue weighted by atomic mass is 32.1. The SMILES string of the molecule is CC(c1ccccc1)N(CC(N)=O)C(=O)c1cccs1.c1ccccc1. The van der Waals surface area contributed by atoms with Crippen LogP contribution in [0, 0.1) is 0 Å². The lowest BCUT2D eigenvalue weighted by Crippen LogP contribution is -2.39. The minimum Gasteiger partial charge on any atom is -0.368 e. The van der Waals surface area contributed by atoms with E-state index in [1.54, 1.807) is 6.07 Å². The van der Waals surface area contributed by atoms with Crippen molar-refractivity contribution in [3.63, 3.8) is 0 Å². The van der Waals surface area contributed by atoms with Gasteiger partial charge in [-0.3, -0.25) is 9.59 Å². The fourth-order valence-electron chi connectivity index (χ4n) is 2.39. The van der Waals surface area contributed by atoms with Crippen molar-refractivity contribution in [1.82, 2.24) is 4.90 Å². The number of rotatable bonds is 5. The van der Waals surface area contributed by atoms with E-state index in [9.17, 15) is 9.59 Å². The molecule has 1 atom stereocenters. The highest BCUT2D eigenvalue weighted by molar-refractivity contribution is 7.12. The molecule has 2 N–H and O–H groups in total. The summed E-state index contributed by atoms with van der Waals surface area (Å²) in [5, 5.41) is 1.84. The second-order valence-corrected chi connectivity index (χ2v) is 6.57. The molecule has 0 radical (unpaired) electrons. The molecule has 0 spiro atoms. The number of primary amides is 1. The van der Waals surface area contributed by atoms with E-state index >= 15 is 0 Å². The smallest absolute Gasteiger partial charge is 0.264 e. The van der Waals surface area contributed by atoms with Crippen LogP contribution in [0.2, 0.25) is 0 Å². The number of thiophene rings is 1. The summed E-state index contributed by atoms with van der Waals surface area (Å²) in [7, 11) is 0. The van der Waals surface area contributed by atoms with Gasteiger partial charge < -0.3 is 10.6 Å². The van der Waals surface area contributed by atoms with E-state index in [4.69, 9.17) is 5.73 Å². The molecule has 0 bridgehead atoms. The van der Waals surface area contributed by atoms with Crippen molar-refractivity contribution in [3.05, 3.63) is 94.7 Å². The minimum absolute atomic E-state index is 0.0905. The molecular formula is C21H22N2O2S. The number of carbonyl (C=O) groups is 2. The fraction of sp³-hybridized carbons (Fsp3) is 0.143. The van der Waals surface area contributed by atoms with E-state index < -0.39 is 5.91 Å². The Balaban J connectivity index is 0.000000342. The fourth-order valence-corrected chi connectivity index (χ4v) is 3.07. The Morgan fingerprint density at radius 2 is 1.46 bits per heavy atom. The van der Waals surface area contributed by atoms with Gasteiger partial charge in [0.1, 0.15) is 6.54 Å². The molecule has 0 saturated carbocycles. The molecule has 0 aliphatic heterocycles. The summed E-state index contributed by atoms with van der Waals surface area (Å²) in [6, 6.07) is 24.9. The van der Waals surface area contributed by atoms with Gasteiger partial charge in [0.2, 0.25) is 5.91 Å². The van der Waals surface area contributed by atoms with Gasteiger partial charge in [-0.25, -0.2) is 0 Å². The van der Waals surface area contributed by atoms with E-state index in [-0.39, 0.29) is 18.5 Å². The van der Waals surface area contributed by atoms with Crippen LogP contribution < -0.4 is 5.73 Å². The van der Waals surface area contributed by atoms with Gasteiger partial charge in [0.05, 0.1) is 10.9 Å². The highest BCUT2D eigenvalue weighted by Gasteiger charge is 2.24. The Bertz CT molecular complexity index is 763. The number of benzene rings is 2. The predicted molar refractivity (Wildman–Crippen MR) is 106 cm³/mol.